The predicted molar refractivity (Wildman–Crippen MR) is 62.2 cm³/mol. The van der Waals surface area contributed by atoms with Gasteiger partial charge in [-0.1, -0.05) is 6.07 Å². The molecule has 0 aliphatic heterocycles. The number of esters is 1. The fourth-order valence-corrected chi connectivity index (χ4v) is 1.65. The standard InChI is InChI=1S/C13H12FNO2/c1-8-3-4-9-5-11(14)10(6-12(9)15-8)7-13(16)17-2/h3-6H,7H2,1-2H3. The molecule has 2 rings (SSSR count). The van der Waals surface area contributed by atoms with Crippen LogP contribution in [0.5, 0.6) is 0 Å². The van der Waals surface area contributed by atoms with Gasteiger partial charge >= 0.3 is 5.97 Å². The van der Waals surface area contributed by atoms with Crippen molar-refractivity contribution in [2.75, 3.05) is 7.11 Å². The largest absolute Gasteiger partial charge is 0.469 e. The lowest BCUT2D eigenvalue weighted by Crippen LogP contribution is -2.06. The molecule has 17 heavy (non-hydrogen) atoms. The van der Waals surface area contributed by atoms with E-state index < -0.39 is 11.8 Å². The normalized spacial score (nSPS) is 10.5. The van der Waals surface area contributed by atoms with Crippen molar-refractivity contribution in [1.82, 2.24) is 4.98 Å². The highest BCUT2D eigenvalue weighted by molar-refractivity contribution is 5.81. The van der Waals surface area contributed by atoms with Crippen LogP contribution in [-0.4, -0.2) is 18.1 Å². The predicted octanol–water partition coefficient (Wildman–Crippen LogP) is 2.40. The first-order valence-corrected chi connectivity index (χ1v) is 5.23. The van der Waals surface area contributed by atoms with Crippen LogP contribution in [0.1, 0.15) is 11.3 Å². The molecule has 2 aromatic rings. The van der Waals surface area contributed by atoms with Gasteiger partial charge in [0.1, 0.15) is 5.82 Å². The minimum Gasteiger partial charge on any atom is -0.469 e. The summed E-state index contributed by atoms with van der Waals surface area (Å²) in [6, 6.07) is 6.61. The van der Waals surface area contributed by atoms with E-state index in [1.54, 1.807) is 6.07 Å². The summed E-state index contributed by atoms with van der Waals surface area (Å²) in [5.74, 6) is -0.871. The average molecular weight is 233 g/mol. The van der Waals surface area contributed by atoms with Gasteiger partial charge in [0.05, 0.1) is 19.0 Å². The lowest BCUT2D eigenvalue weighted by atomic mass is 10.1. The molecule has 0 atom stereocenters. The zero-order valence-electron chi connectivity index (χ0n) is 9.66. The Morgan fingerprint density at radius 2 is 2.18 bits per heavy atom. The van der Waals surface area contributed by atoms with Crippen molar-refractivity contribution in [2.24, 2.45) is 0 Å². The van der Waals surface area contributed by atoms with E-state index in [0.717, 1.165) is 11.1 Å². The third-order valence-corrected chi connectivity index (χ3v) is 2.56. The summed E-state index contributed by atoms with van der Waals surface area (Å²) in [6.45, 7) is 1.86. The van der Waals surface area contributed by atoms with Gasteiger partial charge in [0.2, 0.25) is 0 Å². The smallest absolute Gasteiger partial charge is 0.310 e. The molecule has 0 N–H and O–H groups in total. The van der Waals surface area contributed by atoms with Crippen LogP contribution in [0.2, 0.25) is 0 Å². The van der Waals surface area contributed by atoms with E-state index in [0.29, 0.717) is 11.1 Å². The molecule has 0 aliphatic carbocycles. The number of ether oxygens (including phenoxy) is 1. The van der Waals surface area contributed by atoms with Crippen molar-refractivity contribution in [3.05, 3.63) is 41.3 Å². The van der Waals surface area contributed by atoms with Crippen molar-refractivity contribution < 1.29 is 13.9 Å². The first-order valence-electron chi connectivity index (χ1n) is 5.23. The van der Waals surface area contributed by atoms with E-state index in [2.05, 4.69) is 9.72 Å². The summed E-state index contributed by atoms with van der Waals surface area (Å²) in [4.78, 5) is 15.4. The number of carbonyl (C=O) groups excluding carboxylic acids is 1. The maximum Gasteiger partial charge on any atom is 0.310 e. The molecule has 0 saturated heterocycles. The molecule has 1 heterocycles. The number of carbonyl (C=O) groups is 1. The second-order valence-corrected chi connectivity index (χ2v) is 3.84. The number of fused-ring (bicyclic) bond motifs is 1. The Morgan fingerprint density at radius 3 is 2.88 bits per heavy atom. The van der Waals surface area contributed by atoms with Crippen LogP contribution in [0.4, 0.5) is 4.39 Å². The number of hydrogen-bond acceptors (Lipinski definition) is 3. The monoisotopic (exact) mass is 233 g/mol. The number of rotatable bonds is 2. The lowest BCUT2D eigenvalue weighted by molar-refractivity contribution is -0.139. The Hall–Kier alpha value is -1.97. The van der Waals surface area contributed by atoms with Crippen molar-refractivity contribution in [1.29, 1.82) is 0 Å². The van der Waals surface area contributed by atoms with Gasteiger partial charge in [0.15, 0.2) is 0 Å². The first kappa shape index (κ1) is 11.5. The molecule has 0 fully saturated rings. The number of aryl methyl sites for hydroxylation is 1. The molecular weight excluding hydrogens is 221 g/mol. The van der Waals surface area contributed by atoms with Crippen LogP contribution in [-0.2, 0) is 16.0 Å². The molecule has 0 unspecified atom stereocenters. The fraction of sp³-hybridized carbons (Fsp3) is 0.231. The Kier molecular flexibility index (Phi) is 3.04. The lowest BCUT2D eigenvalue weighted by Gasteiger charge is -2.05. The molecule has 88 valence electrons. The topological polar surface area (TPSA) is 39.2 Å². The van der Waals surface area contributed by atoms with E-state index in [4.69, 9.17) is 0 Å². The van der Waals surface area contributed by atoms with Crippen molar-refractivity contribution in [3.8, 4) is 0 Å². The van der Waals surface area contributed by atoms with Crippen LogP contribution in [0.15, 0.2) is 24.3 Å². The average Bonchev–Trinajstić information content (AvgIpc) is 2.30. The SMILES string of the molecule is COC(=O)Cc1cc2nc(C)ccc2cc1F. The third-order valence-electron chi connectivity index (χ3n) is 2.56. The minimum absolute atomic E-state index is 0.0755. The second-order valence-electron chi connectivity index (χ2n) is 3.84. The number of pyridine rings is 1. The van der Waals surface area contributed by atoms with Gasteiger partial charge in [-0.2, -0.15) is 0 Å². The molecule has 0 aliphatic rings. The number of methoxy groups -OCH3 is 1. The van der Waals surface area contributed by atoms with Crippen molar-refractivity contribution in [3.63, 3.8) is 0 Å². The van der Waals surface area contributed by atoms with Crippen LogP contribution >= 0.6 is 0 Å². The minimum atomic E-state index is -0.462. The molecule has 0 spiro atoms. The maximum absolute atomic E-state index is 13.7. The van der Waals surface area contributed by atoms with Gasteiger partial charge < -0.3 is 4.74 Å². The summed E-state index contributed by atoms with van der Waals surface area (Å²) < 4.78 is 18.2. The van der Waals surface area contributed by atoms with Crippen LogP contribution in [0.3, 0.4) is 0 Å². The molecular formula is C13H12FNO2. The van der Waals surface area contributed by atoms with Gasteiger partial charge in [-0.05, 0) is 25.1 Å². The molecule has 1 aromatic carbocycles. The summed E-state index contributed by atoms with van der Waals surface area (Å²) in [6.07, 6.45) is -0.0755. The quantitative estimate of drug-likeness (QED) is 0.748. The summed E-state index contributed by atoms with van der Waals surface area (Å²) in [5.41, 5.74) is 1.85. The van der Waals surface area contributed by atoms with E-state index >= 15 is 0 Å². The Morgan fingerprint density at radius 1 is 1.41 bits per heavy atom. The fourth-order valence-electron chi connectivity index (χ4n) is 1.65. The molecule has 0 radical (unpaired) electrons. The van der Waals surface area contributed by atoms with E-state index in [1.807, 2.05) is 19.1 Å². The summed E-state index contributed by atoms with van der Waals surface area (Å²) >= 11 is 0. The molecule has 0 amide bonds. The Labute approximate surface area is 98.2 Å². The Balaban J connectivity index is 2.49. The number of aromatic nitrogens is 1. The zero-order chi connectivity index (χ0) is 12.4. The van der Waals surface area contributed by atoms with Gasteiger partial charge in [0.25, 0.3) is 0 Å². The van der Waals surface area contributed by atoms with E-state index in [9.17, 15) is 9.18 Å². The highest BCUT2D eigenvalue weighted by Crippen LogP contribution is 2.18. The second kappa shape index (κ2) is 4.49. The third kappa shape index (κ3) is 2.41. The van der Waals surface area contributed by atoms with Gasteiger partial charge in [-0.3, -0.25) is 9.78 Å². The van der Waals surface area contributed by atoms with Gasteiger partial charge in [-0.15, -0.1) is 0 Å². The van der Waals surface area contributed by atoms with Crippen LogP contribution < -0.4 is 0 Å². The van der Waals surface area contributed by atoms with Crippen molar-refractivity contribution >= 4 is 16.9 Å². The van der Waals surface area contributed by atoms with Gasteiger partial charge in [0, 0.05) is 16.6 Å². The highest BCUT2D eigenvalue weighted by atomic mass is 19.1. The maximum atomic E-state index is 13.7. The molecule has 1 aromatic heterocycles. The van der Waals surface area contributed by atoms with Gasteiger partial charge in [-0.25, -0.2) is 4.39 Å². The highest BCUT2D eigenvalue weighted by Gasteiger charge is 2.10. The Bertz CT molecular complexity index is 581. The van der Waals surface area contributed by atoms with E-state index in [-0.39, 0.29) is 6.42 Å². The summed E-state index contributed by atoms with van der Waals surface area (Å²) in [5, 5.41) is 0.724. The molecule has 3 nitrogen and oxygen atoms in total. The van der Waals surface area contributed by atoms with E-state index in [1.165, 1.54) is 13.2 Å². The van der Waals surface area contributed by atoms with Crippen LogP contribution in [0.25, 0.3) is 10.9 Å². The molecule has 0 bridgehead atoms. The first-order chi connectivity index (χ1) is 8.10. The number of halogens is 1. The summed E-state index contributed by atoms with van der Waals surface area (Å²) in [7, 11) is 1.28. The van der Waals surface area contributed by atoms with Crippen LogP contribution in [0, 0.1) is 12.7 Å². The number of nitrogens with zero attached hydrogens (tertiary/aromatic N) is 1. The number of hydrogen-bond donors (Lipinski definition) is 0. The zero-order valence-corrected chi connectivity index (χ0v) is 9.66. The van der Waals surface area contributed by atoms with Crippen molar-refractivity contribution in [2.45, 2.75) is 13.3 Å². The molecule has 0 saturated carbocycles. The number of benzene rings is 1. The molecule has 4 heteroatoms.